The lowest BCUT2D eigenvalue weighted by Crippen LogP contribution is -2.21. The molecular formula is C16H19ClF3N3O. The van der Waals surface area contributed by atoms with Gasteiger partial charge in [-0.1, -0.05) is 31.5 Å². The highest BCUT2D eigenvalue weighted by atomic mass is 35.5. The highest BCUT2D eigenvalue weighted by Gasteiger charge is 2.32. The van der Waals surface area contributed by atoms with E-state index in [2.05, 4.69) is 28.7 Å². The van der Waals surface area contributed by atoms with Gasteiger partial charge in [-0.25, -0.2) is 4.98 Å². The van der Waals surface area contributed by atoms with Gasteiger partial charge in [0.05, 0.1) is 11.1 Å². The monoisotopic (exact) mass is 361 g/mol. The van der Waals surface area contributed by atoms with E-state index in [0.29, 0.717) is 6.42 Å². The molecule has 0 amide bonds. The van der Waals surface area contributed by atoms with E-state index in [1.165, 1.54) is 18.5 Å². The zero-order chi connectivity index (χ0) is 18.0. The predicted molar refractivity (Wildman–Crippen MR) is 85.0 cm³/mol. The van der Waals surface area contributed by atoms with Crippen molar-refractivity contribution in [2.75, 3.05) is 0 Å². The second-order valence-electron chi connectivity index (χ2n) is 6.58. The fourth-order valence-corrected chi connectivity index (χ4v) is 2.98. The van der Waals surface area contributed by atoms with Crippen molar-refractivity contribution in [3.8, 4) is 5.75 Å². The van der Waals surface area contributed by atoms with Gasteiger partial charge in [0.25, 0.3) is 0 Å². The lowest BCUT2D eigenvalue weighted by Gasteiger charge is -2.28. The zero-order valence-corrected chi connectivity index (χ0v) is 14.4. The average molecular weight is 362 g/mol. The van der Waals surface area contributed by atoms with E-state index < -0.39 is 6.36 Å². The van der Waals surface area contributed by atoms with Crippen molar-refractivity contribution >= 4 is 11.6 Å². The fraction of sp³-hybridized carbons (Fsp3) is 0.500. The van der Waals surface area contributed by atoms with Crippen molar-refractivity contribution in [2.24, 2.45) is 5.41 Å². The molecule has 24 heavy (non-hydrogen) atoms. The third kappa shape index (κ3) is 5.40. The van der Waals surface area contributed by atoms with Crippen LogP contribution in [0.5, 0.6) is 5.75 Å². The van der Waals surface area contributed by atoms with Crippen molar-refractivity contribution in [1.82, 2.24) is 14.8 Å². The minimum Gasteiger partial charge on any atom is -0.404 e. The van der Waals surface area contributed by atoms with E-state index >= 15 is 0 Å². The highest BCUT2D eigenvalue weighted by molar-refractivity contribution is 6.32. The number of benzene rings is 1. The van der Waals surface area contributed by atoms with Crippen LogP contribution in [0.4, 0.5) is 13.2 Å². The Morgan fingerprint density at radius 3 is 2.58 bits per heavy atom. The van der Waals surface area contributed by atoms with Gasteiger partial charge in [-0.15, -0.1) is 13.2 Å². The molecule has 0 saturated carbocycles. The summed E-state index contributed by atoms with van der Waals surface area (Å²) in [6, 6.07) is 4.61. The van der Waals surface area contributed by atoms with Crippen LogP contribution in [0.1, 0.15) is 38.8 Å². The summed E-state index contributed by atoms with van der Waals surface area (Å²) in [7, 11) is 0. The molecule has 0 aliphatic heterocycles. The van der Waals surface area contributed by atoms with Crippen LogP contribution in [0, 0.1) is 5.41 Å². The van der Waals surface area contributed by atoms with Crippen LogP contribution < -0.4 is 4.74 Å². The molecule has 1 unspecified atom stereocenters. The van der Waals surface area contributed by atoms with Crippen LogP contribution in [0.3, 0.4) is 0 Å². The molecule has 8 heteroatoms. The molecule has 2 aromatic rings. The van der Waals surface area contributed by atoms with E-state index in [1.807, 2.05) is 6.92 Å². The molecule has 4 nitrogen and oxygen atoms in total. The Kier molecular flexibility index (Phi) is 5.42. The molecule has 0 aliphatic rings. The smallest absolute Gasteiger partial charge is 0.404 e. The molecule has 132 valence electrons. The van der Waals surface area contributed by atoms with Gasteiger partial charge in [0.15, 0.2) is 0 Å². The number of halogens is 4. The molecule has 2 rings (SSSR count). The first kappa shape index (κ1) is 18.6. The van der Waals surface area contributed by atoms with Crippen LogP contribution in [-0.2, 0) is 6.42 Å². The van der Waals surface area contributed by atoms with Gasteiger partial charge in [0, 0.05) is 0 Å². The molecule has 0 saturated heterocycles. The summed E-state index contributed by atoms with van der Waals surface area (Å²) in [6.07, 6.45) is -0.271. The third-order valence-corrected chi connectivity index (χ3v) is 3.95. The summed E-state index contributed by atoms with van der Waals surface area (Å²) in [5, 5.41) is 4.05. The number of hydrogen-bond donors (Lipinski definition) is 0. The van der Waals surface area contributed by atoms with E-state index in [4.69, 9.17) is 11.6 Å². The summed E-state index contributed by atoms with van der Waals surface area (Å²) in [5.74, 6) is -0.373. The van der Waals surface area contributed by atoms with Crippen molar-refractivity contribution in [3.63, 3.8) is 0 Å². The van der Waals surface area contributed by atoms with Gasteiger partial charge in [0.1, 0.15) is 18.4 Å². The van der Waals surface area contributed by atoms with E-state index in [-0.39, 0.29) is 22.2 Å². The molecule has 1 atom stereocenters. The maximum absolute atomic E-state index is 12.4. The highest BCUT2D eigenvalue weighted by Crippen LogP contribution is 2.35. The number of aromatic nitrogens is 3. The first-order chi connectivity index (χ1) is 11.1. The summed E-state index contributed by atoms with van der Waals surface area (Å²) in [6.45, 7) is 6.13. The van der Waals surface area contributed by atoms with Gasteiger partial charge >= 0.3 is 6.36 Å². The quantitative estimate of drug-likeness (QED) is 0.722. The lowest BCUT2D eigenvalue weighted by atomic mass is 9.80. The number of ether oxygens (including phenoxy) is 1. The van der Waals surface area contributed by atoms with Crippen LogP contribution >= 0.6 is 11.6 Å². The Bertz CT molecular complexity index is 672. The third-order valence-electron chi connectivity index (χ3n) is 3.64. The number of alkyl halides is 3. The summed E-state index contributed by atoms with van der Waals surface area (Å²) >= 11 is 5.78. The van der Waals surface area contributed by atoms with E-state index in [1.54, 1.807) is 17.1 Å². The molecule has 0 bridgehead atoms. The molecule has 1 heterocycles. The average Bonchev–Trinajstić information content (AvgIpc) is 2.94. The van der Waals surface area contributed by atoms with Crippen molar-refractivity contribution < 1.29 is 17.9 Å². The van der Waals surface area contributed by atoms with Gasteiger partial charge in [-0.3, -0.25) is 4.68 Å². The Hall–Kier alpha value is -1.76. The van der Waals surface area contributed by atoms with Crippen LogP contribution in [-0.4, -0.2) is 21.1 Å². The lowest BCUT2D eigenvalue weighted by molar-refractivity contribution is -0.274. The standard InChI is InChI=1S/C16H19ClF3N3O/c1-11(23-10-21-9-22-23)7-15(2,3)8-12-4-5-13(17)14(6-12)24-16(18,19)20/h4-6,9-11H,7-8H2,1-3H3. The van der Waals surface area contributed by atoms with E-state index in [0.717, 1.165) is 12.0 Å². The SMILES string of the molecule is CC(CC(C)(C)Cc1ccc(Cl)c(OC(F)(F)F)c1)n1cncn1. The van der Waals surface area contributed by atoms with Crippen molar-refractivity contribution in [1.29, 1.82) is 0 Å². The number of nitrogens with zero attached hydrogens (tertiary/aromatic N) is 3. The van der Waals surface area contributed by atoms with Crippen LogP contribution in [0.2, 0.25) is 5.02 Å². The zero-order valence-electron chi connectivity index (χ0n) is 13.6. The second-order valence-corrected chi connectivity index (χ2v) is 6.99. The van der Waals surface area contributed by atoms with Crippen molar-refractivity contribution in [2.45, 2.75) is 46.0 Å². The first-order valence-corrected chi connectivity index (χ1v) is 7.82. The summed E-state index contributed by atoms with van der Waals surface area (Å²) in [4.78, 5) is 3.93. The van der Waals surface area contributed by atoms with Gasteiger partial charge in [-0.2, -0.15) is 5.10 Å². The molecule has 0 N–H and O–H groups in total. The first-order valence-electron chi connectivity index (χ1n) is 7.44. The minimum absolute atomic E-state index is 0.0649. The molecule has 1 aromatic heterocycles. The van der Waals surface area contributed by atoms with E-state index in [9.17, 15) is 13.2 Å². The maximum Gasteiger partial charge on any atom is 0.573 e. The Labute approximate surface area is 143 Å². The van der Waals surface area contributed by atoms with Gasteiger partial charge < -0.3 is 4.74 Å². The second kappa shape index (κ2) is 7.01. The predicted octanol–water partition coefficient (Wildman–Crippen LogP) is 5.05. The molecule has 0 aliphatic carbocycles. The molecular weight excluding hydrogens is 343 g/mol. The maximum atomic E-state index is 12.4. The number of hydrogen-bond acceptors (Lipinski definition) is 3. The Morgan fingerprint density at radius 2 is 2.00 bits per heavy atom. The Balaban J connectivity index is 2.10. The molecule has 0 spiro atoms. The molecule has 0 fully saturated rings. The van der Waals surface area contributed by atoms with Crippen LogP contribution in [0.25, 0.3) is 0 Å². The summed E-state index contributed by atoms with van der Waals surface area (Å²) in [5.41, 5.74) is 0.573. The Morgan fingerprint density at radius 1 is 1.29 bits per heavy atom. The van der Waals surface area contributed by atoms with Gasteiger partial charge in [-0.05, 0) is 42.9 Å². The molecule has 0 radical (unpaired) electrons. The fourth-order valence-electron chi connectivity index (χ4n) is 2.82. The topological polar surface area (TPSA) is 39.9 Å². The van der Waals surface area contributed by atoms with Crippen LogP contribution in [0.15, 0.2) is 30.9 Å². The molecule has 1 aromatic carbocycles. The summed E-state index contributed by atoms with van der Waals surface area (Å²) < 4.78 is 43.0. The normalized spacial score (nSPS) is 13.8. The van der Waals surface area contributed by atoms with Gasteiger partial charge in [0.2, 0.25) is 0 Å². The largest absolute Gasteiger partial charge is 0.573 e. The minimum atomic E-state index is -4.76. The van der Waals surface area contributed by atoms with Crippen molar-refractivity contribution in [3.05, 3.63) is 41.4 Å². The number of rotatable bonds is 6.